The molecule has 0 aromatic heterocycles. The number of nitrogens with zero attached hydrogens (tertiary/aromatic N) is 1. The second-order valence-electron chi connectivity index (χ2n) is 6.61. The van der Waals surface area contributed by atoms with Crippen molar-refractivity contribution in [2.75, 3.05) is 0 Å². The van der Waals surface area contributed by atoms with Gasteiger partial charge in [-0.25, -0.2) is 9.18 Å². The minimum Gasteiger partial charge on any atom is -0.480 e. The van der Waals surface area contributed by atoms with Gasteiger partial charge in [-0.3, -0.25) is 19.7 Å². The zero-order chi connectivity index (χ0) is 22.3. The number of carbonyl (C=O) groups excluding carboxylic acids is 2. The van der Waals surface area contributed by atoms with E-state index in [1.54, 1.807) is 6.07 Å². The monoisotopic (exact) mass is 417 g/mol. The Morgan fingerprint density at radius 1 is 1.03 bits per heavy atom. The van der Waals surface area contributed by atoms with Crippen LogP contribution in [0, 0.1) is 15.9 Å². The Labute approximate surface area is 171 Å². The number of carbonyl (C=O) groups is 3. The van der Waals surface area contributed by atoms with E-state index in [1.807, 2.05) is 0 Å². The smallest absolute Gasteiger partial charge is 0.326 e. The van der Waals surface area contributed by atoms with Crippen molar-refractivity contribution >= 4 is 23.5 Å². The summed E-state index contributed by atoms with van der Waals surface area (Å²) in [5.74, 6) is -3.07. The minimum absolute atomic E-state index is 0.0347. The van der Waals surface area contributed by atoms with E-state index in [1.165, 1.54) is 49.4 Å². The lowest BCUT2D eigenvalue weighted by Gasteiger charge is -2.21. The van der Waals surface area contributed by atoms with E-state index in [4.69, 9.17) is 0 Å². The van der Waals surface area contributed by atoms with Crippen molar-refractivity contribution in [3.8, 4) is 0 Å². The number of halogens is 1. The van der Waals surface area contributed by atoms with Crippen LogP contribution in [-0.2, 0) is 27.2 Å². The third kappa shape index (κ3) is 6.66. The third-order valence-electron chi connectivity index (χ3n) is 4.22. The number of benzene rings is 2. The molecule has 9 nitrogen and oxygen atoms in total. The van der Waals surface area contributed by atoms with E-state index >= 15 is 0 Å². The Morgan fingerprint density at radius 3 is 2.20 bits per heavy atom. The van der Waals surface area contributed by atoms with Gasteiger partial charge < -0.3 is 15.7 Å². The summed E-state index contributed by atoms with van der Waals surface area (Å²) >= 11 is 0. The summed E-state index contributed by atoms with van der Waals surface area (Å²) < 4.78 is 13.4. The van der Waals surface area contributed by atoms with Gasteiger partial charge in [-0.05, 0) is 23.3 Å². The fourth-order valence-electron chi connectivity index (χ4n) is 2.82. The van der Waals surface area contributed by atoms with Crippen molar-refractivity contribution in [1.29, 1.82) is 0 Å². The molecule has 0 aliphatic carbocycles. The summed E-state index contributed by atoms with van der Waals surface area (Å²) in [6, 6.07) is 8.33. The summed E-state index contributed by atoms with van der Waals surface area (Å²) in [4.78, 5) is 45.9. The summed E-state index contributed by atoms with van der Waals surface area (Å²) in [6.45, 7) is 1.21. The number of carboxylic acid groups (broad SMARTS) is 1. The Morgan fingerprint density at radius 2 is 1.67 bits per heavy atom. The molecule has 158 valence electrons. The zero-order valence-electron chi connectivity index (χ0n) is 16.0. The highest BCUT2D eigenvalue weighted by atomic mass is 19.1. The Kier molecular flexibility index (Phi) is 7.56. The number of nitro groups is 1. The molecule has 10 heteroatoms. The number of hydrogen-bond donors (Lipinski definition) is 3. The van der Waals surface area contributed by atoms with Crippen molar-refractivity contribution < 1.29 is 28.8 Å². The van der Waals surface area contributed by atoms with Gasteiger partial charge in [-0.1, -0.05) is 24.3 Å². The maximum atomic E-state index is 13.4. The van der Waals surface area contributed by atoms with Crippen LogP contribution in [0.5, 0.6) is 0 Å². The van der Waals surface area contributed by atoms with Crippen LogP contribution < -0.4 is 10.6 Å². The number of non-ortho nitro benzene ring substituents is 1. The maximum Gasteiger partial charge on any atom is 0.326 e. The molecule has 0 aliphatic rings. The molecule has 0 aliphatic heterocycles. The van der Waals surface area contributed by atoms with Crippen molar-refractivity contribution in [3.63, 3.8) is 0 Å². The number of amides is 2. The number of nitrogens with one attached hydrogen (secondary N) is 2. The van der Waals surface area contributed by atoms with Gasteiger partial charge in [0.15, 0.2) is 0 Å². The standard InChI is InChI=1S/C20H20FN3O6/c1-12(25)22-17(11-14-3-2-4-15(21)9-14)19(26)23-18(20(27)28)10-13-5-7-16(8-6-13)24(29)30/h2-9,17-18H,10-11H2,1H3,(H,22,25)(H,23,26)(H,27,28)/t17-,18+/m0/s1. The number of nitro benzene ring substituents is 1. The van der Waals surface area contributed by atoms with Gasteiger partial charge in [0.2, 0.25) is 11.8 Å². The molecule has 0 unspecified atom stereocenters. The van der Waals surface area contributed by atoms with E-state index in [2.05, 4.69) is 10.6 Å². The van der Waals surface area contributed by atoms with Crippen LogP contribution in [0.3, 0.4) is 0 Å². The Hall–Kier alpha value is -3.82. The van der Waals surface area contributed by atoms with Crippen LogP contribution in [0.1, 0.15) is 18.1 Å². The SMILES string of the molecule is CC(=O)N[C@@H](Cc1cccc(F)c1)C(=O)N[C@H](Cc1ccc([N+](=O)[O-])cc1)C(=O)O. The molecule has 0 heterocycles. The molecule has 0 saturated carbocycles. The summed E-state index contributed by atoms with van der Waals surface area (Å²) in [5.41, 5.74) is 0.774. The van der Waals surface area contributed by atoms with Crippen LogP contribution in [0.15, 0.2) is 48.5 Å². The van der Waals surface area contributed by atoms with Crippen molar-refractivity contribution in [2.45, 2.75) is 31.8 Å². The van der Waals surface area contributed by atoms with E-state index in [-0.39, 0.29) is 18.5 Å². The fraction of sp³-hybridized carbons (Fsp3) is 0.250. The second kappa shape index (κ2) is 10.1. The molecular weight excluding hydrogens is 397 g/mol. The lowest BCUT2D eigenvalue weighted by atomic mass is 10.0. The van der Waals surface area contributed by atoms with E-state index < -0.39 is 40.6 Å². The highest BCUT2D eigenvalue weighted by molar-refractivity contribution is 5.90. The van der Waals surface area contributed by atoms with Crippen LogP contribution >= 0.6 is 0 Å². The zero-order valence-corrected chi connectivity index (χ0v) is 16.0. The van der Waals surface area contributed by atoms with Gasteiger partial charge in [0.1, 0.15) is 17.9 Å². The third-order valence-corrected chi connectivity index (χ3v) is 4.22. The first-order valence-electron chi connectivity index (χ1n) is 8.93. The molecule has 0 spiro atoms. The normalized spacial score (nSPS) is 12.5. The summed E-state index contributed by atoms with van der Waals surface area (Å²) in [5, 5.41) is 25.0. The molecule has 0 saturated heterocycles. The van der Waals surface area contributed by atoms with E-state index in [0.29, 0.717) is 11.1 Å². The molecule has 30 heavy (non-hydrogen) atoms. The second-order valence-corrected chi connectivity index (χ2v) is 6.61. The first-order valence-corrected chi connectivity index (χ1v) is 8.93. The summed E-state index contributed by atoms with van der Waals surface area (Å²) in [7, 11) is 0. The summed E-state index contributed by atoms with van der Waals surface area (Å²) in [6.07, 6.45) is -0.154. The first kappa shape index (κ1) is 22.5. The Balaban J connectivity index is 2.13. The van der Waals surface area contributed by atoms with Gasteiger partial charge in [-0.2, -0.15) is 0 Å². The molecule has 2 rings (SSSR count). The number of rotatable bonds is 9. The largest absolute Gasteiger partial charge is 0.480 e. The van der Waals surface area contributed by atoms with Crippen LogP contribution in [0.4, 0.5) is 10.1 Å². The average Bonchev–Trinajstić information content (AvgIpc) is 2.67. The lowest BCUT2D eigenvalue weighted by Crippen LogP contribution is -2.52. The topological polar surface area (TPSA) is 139 Å². The Bertz CT molecular complexity index is 948. The predicted octanol–water partition coefficient (Wildman–Crippen LogP) is 1.59. The van der Waals surface area contributed by atoms with Crippen molar-refractivity contribution in [2.24, 2.45) is 0 Å². The molecule has 2 atom stereocenters. The molecule has 2 aromatic carbocycles. The van der Waals surface area contributed by atoms with Gasteiger partial charge in [0, 0.05) is 31.9 Å². The van der Waals surface area contributed by atoms with Crippen LogP contribution in [-0.4, -0.2) is 39.9 Å². The fourth-order valence-corrected chi connectivity index (χ4v) is 2.82. The van der Waals surface area contributed by atoms with Gasteiger partial charge >= 0.3 is 5.97 Å². The highest BCUT2D eigenvalue weighted by Crippen LogP contribution is 2.14. The molecular formula is C20H20FN3O6. The minimum atomic E-state index is -1.33. The molecule has 0 radical (unpaired) electrons. The van der Waals surface area contributed by atoms with Crippen LogP contribution in [0.25, 0.3) is 0 Å². The number of carboxylic acids is 1. The number of aliphatic carboxylic acids is 1. The van der Waals surface area contributed by atoms with Crippen molar-refractivity contribution in [3.05, 3.63) is 75.6 Å². The molecule has 3 N–H and O–H groups in total. The van der Waals surface area contributed by atoms with E-state index in [0.717, 1.165) is 0 Å². The quantitative estimate of drug-likeness (QED) is 0.418. The first-order chi connectivity index (χ1) is 14.2. The predicted molar refractivity (Wildman–Crippen MR) is 104 cm³/mol. The van der Waals surface area contributed by atoms with Crippen molar-refractivity contribution in [1.82, 2.24) is 10.6 Å². The van der Waals surface area contributed by atoms with Gasteiger partial charge in [0.05, 0.1) is 4.92 Å². The van der Waals surface area contributed by atoms with Crippen LogP contribution in [0.2, 0.25) is 0 Å². The molecule has 0 bridgehead atoms. The molecule has 2 amide bonds. The molecule has 2 aromatic rings. The highest BCUT2D eigenvalue weighted by Gasteiger charge is 2.26. The molecule has 0 fully saturated rings. The number of hydrogen-bond acceptors (Lipinski definition) is 5. The maximum absolute atomic E-state index is 13.4. The van der Waals surface area contributed by atoms with Gasteiger partial charge in [0.25, 0.3) is 5.69 Å². The van der Waals surface area contributed by atoms with E-state index in [9.17, 15) is 34.0 Å². The average molecular weight is 417 g/mol. The lowest BCUT2D eigenvalue weighted by molar-refractivity contribution is -0.384. The van der Waals surface area contributed by atoms with Gasteiger partial charge in [-0.15, -0.1) is 0 Å².